The molecule has 0 bridgehead atoms. The predicted octanol–water partition coefficient (Wildman–Crippen LogP) is 2.80. The highest BCUT2D eigenvalue weighted by Gasteiger charge is 2.53. The van der Waals surface area contributed by atoms with Crippen LogP contribution in [0.4, 0.5) is 5.69 Å². The molecule has 2 aliphatic rings. The van der Waals surface area contributed by atoms with Crippen LogP contribution in [0.25, 0.3) is 10.1 Å². The number of carbonyl (C=O) groups excluding carboxylic acids is 1. The molecule has 4 nitrogen and oxygen atoms in total. The number of hydrogen-bond donors (Lipinski definition) is 2. The molecule has 2 aromatic rings. The van der Waals surface area contributed by atoms with Crippen LogP contribution in [0.5, 0.6) is 0 Å². The Labute approximate surface area is 121 Å². The molecule has 0 unspecified atom stereocenters. The SMILES string of the molecule is Nc1c(C(=O)NCC2(C3CC3)CC2)sc2cnccc12. The van der Waals surface area contributed by atoms with Crippen molar-refractivity contribution in [3.8, 4) is 0 Å². The summed E-state index contributed by atoms with van der Waals surface area (Å²) in [6.07, 6.45) is 8.69. The Hall–Kier alpha value is -1.62. The van der Waals surface area contributed by atoms with Crippen molar-refractivity contribution in [3.63, 3.8) is 0 Å². The number of nitrogens with one attached hydrogen (secondary N) is 1. The minimum absolute atomic E-state index is 0.0318. The fraction of sp³-hybridized carbons (Fsp3) is 0.467. The third-order valence-corrected chi connectivity index (χ3v) is 5.83. The van der Waals surface area contributed by atoms with Crippen LogP contribution in [0.2, 0.25) is 0 Å². The normalized spacial score (nSPS) is 20.0. The first-order valence-corrected chi connectivity index (χ1v) is 7.91. The number of fused-ring (bicyclic) bond motifs is 1. The van der Waals surface area contributed by atoms with Gasteiger partial charge in [-0.15, -0.1) is 11.3 Å². The lowest BCUT2D eigenvalue weighted by molar-refractivity contribution is 0.0947. The average Bonchev–Trinajstić information content (AvgIpc) is 3.35. The third-order valence-electron chi connectivity index (χ3n) is 4.67. The lowest BCUT2D eigenvalue weighted by atomic mass is 10.0. The van der Waals surface area contributed by atoms with E-state index in [9.17, 15) is 4.79 Å². The summed E-state index contributed by atoms with van der Waals surface area (Å²) in [4.78, 5) is 17.1. The topological polar surface area (TPSA) is 68.0 Å². The maximum atomic E-state index is 12.4. The number of nitrogens with two attached hydrogens (primary N) is 1. The van der Waals surface area contributed by atoms with Crippen molar-refractivity contribution in [1.82, 2.24) is 10.3 Å². The molecule has 2 heterocycles. The van der Waals surface area contributed by atoms with E-state index in [2.05, 4.69) is 10.3 Å². The number of carbonyl (C=O) groups is 1. The summed E-state index contributed by atoms with van der Waals surface area (Å²) in [5.41, 5.74) is 7.09. The Morgan fingerprint density at radius 1 is 1.50 bits per heavy atom. The van der Waals surface area contributed by atoms with Crippen LogP contribution in [-0.4, -0.2) is 17.4 Å². The maximum absolute atomic E-state index is 12.4. The van der Waals surface area contributed by atoms with Crippen LogP contribution in [0.1, 0.15) is 35.4 Å². The zero-order valence-corrected chi connectivity index (χ0v) is 12.0. The molecule has 0 atom stereocenters. The number of pyridine rings is 1. The number of hydrogen-bond acceptors (Lipinski definition) is 4. The van der Waals surface area contributed by atoms with Gasteiger partial charge >= 0.3 is 0 Å². The third kappa shape index (κ3) is 1.88. The second-order valence-corrected chi connectivity index (χ2v) is 7.09. The standard InChI is InChI=1S/C15H17N3OS/c16-12-10-3-6-17-7-11(10)20-13(12)14(19)18-8-15(4-5-15)9-1-2-9/h3,6-7,9H,1-2,4-5,8,16H2,(H,18,19). The van der Waals surface area contributed by atoms with E-state index in [0.717, 1.165) is 22.5 Å². The highest BCUT2D eigenvalue weighted by molar-refractivity contribution is 7.21. The van der Waals surface area contributed by atoms with Gasteiger partial charge in [0.1, 0.15) is 4.88 Å². The maximum Gasteiger partial charge on any atom is 0.263 e. The van der Waals surface area contributed by atoms with Crippen molar-refractivity contribution >= 4 is 33.0 Å². The van der Waals surface area contributed by atoms with Gasteiger partial charge in [-0.1, -0.05) is 0 Å². The van der Waals surface area contributed by atoms with E-state index in [4.69, 9.17) is 5.73 Å². The summed E-state index contributed by atoms with van der Waals surface area (Å²) >= 11 is 1.43. The number of nitrogen functional groups attached to an aromatic ring is 1. The van der Waals surface area contributed by atoms with Crippen LogP contribution < -0.4 is 11.1 Å². The molecule has 0 spiro atoms. The van der Waals surface area contributed by atoms with Gasteiger partial charge in [0.05, 0.1) is 10.4 Å². The Balaban J connectivity index is 1.53. The first kappa shape index (κ1) is 12.1. The fourth-order valence-corrected chi connectivity index (χ4v) is 4.07. The minimum atomic E-state index is -0.0318. The molecule has 0 saturated heterocycles. The largest absolute Gasteiger partial charge is 0.397 e. The zero-order valence-electron chi connectivity index (χ0n) is 11.2. The Morgan fingerprint density at radius 3 is 2.95 bits per heavy atom. The van der Waals surface area contributed by atoms with Crippen molar-refractivity contribution in [2.45, 2.75) is 25.7 Å². The molecule has 2 fully saturated rings. The highest BCUT2D eigenvalue weighted by atomic mass is 32.1. The molecule has 5 heteroatoms. The molecule has 3 N–H and O–H groups in total. The van der Waals surface area contributed by atoms with Crippen LogP contribution in [0.15, 0.2) is 18.5 Å². The lowest BCUT2D eigenvalue weighted by Gasteiger charge is -2.14. The second kappa shape index (κ2) is 4.19. The summed E-state index contributed by atoms with van der Waals surface area (Å²) in [5, 5.41) is 4.03. The average molecular weight is 287 g/mol. The number of aromatic nitrogens is 1. The Morgan fingerprint density at radius 2 is 2.30 bits per heavy atom. The van der Waals surface area contributed by atoms with Gasteiger partial charge in [-0.2, -0.15) is 0 Å². The first-order valence-electron chi connectivity index (χ1n) is 7.10. The zero-order chi connectivity index (χ0) is 13.7. The second-order valence-electron chi connectivity index (χ2n) is 6.04. The highest BCUT2D eigenvalue weighted by Crippen LogP contribution is 2.60. The lowest BCUT2D eigenvalue weighted by Crippen LogP contribution is -2.31. The van der Waals surface area contributed by atoms with Crippen LogP contribution >= 0.6 is 11.3 Å². The fourth-order valence-electron chi connectivity index (χ4n) is 3.06. The summed E-state index contributed by atoms with van der Waals surface area (Å²) < 4.78 is 0.971. The van der Waals surface area contributed by atoms with E-state index in [1.807, 2.05) is 6.07 Å². The molecule has 104 valence electrons. The number of rotatable bonds is 4. The number of thiophene rings is 1. The van der Waals surface area contributed by atoms with Gasteiger partial charge in [-0.3, -0.25) is 9.78 Å². The smallest absolute Gasteiger partial charge is 0.263 e. The van der Waals surface area contributed by atoms with Gasteiger partial charge < -0.3 is 11.1 Å². The van der Waals surface area contributed by atoms with E-state index >= 15 is 0 Å². The van der Waals surface area contributed by atoms with Gasteiger partial charge in [-0.25, -0.2) is 0 Å². The molecule has 0 aliphatic heterocycles. The summed E-state index contributed by atoms with van der Waals surface area (Å²) in [7, 11) is 0. The molecule has 4 rings (SSSR count). The van der Waals surface area contributed by atoms with Crippen LogP contribution in [0.3, 0.4) is 0 Å². The first-order chi connectivity index (χ1) is 9.70. The van der Waals surface area contributed by atoms with Gasteiger partial charge in [-0.05, 0) is 43.1 Å². The molecule has 0 radical (unpaired) electrons. The van der Waals surface area contributed by atoms with Gasteiger partial charge in [0.15, 0.2) is 0 Å². The molecule has 20 heavy (non-hydrogen) atoms. The molecule has 1 amide bonds. The Bertz CT molecular complexity index is 685. The number of amides is 1. The number of anilines is 1. The Kier molecular flexibility index (Phi) is 2.54. The molecule has 2 saturated carbocycles. The van der Waals surface area contributed by atoms with E-state index in [0.29, 0.717) is 16.0 Å². The van der Waals surface area contributed by atoms with E-state index < -0.39 is 0 Å². The predicted molar refractivity (Wildman–Crippen MR) is 80.8 cm³/mol. The molecule has 0 aromatic carbocycles. The van der Waals surface area contributed by atoms with Crippen LogP contribution in [0, 0.1) is 11.3 Å². The summed E-state index contributed by atoms with van der Waals surface area (Å²) in [5.74, 6) is 0.822. The molecule has 2 aliphatic carbocycles. The minimum Gasteiger partial charge on any atom is -0.397 e. The van der Waals surface area contributed by atoms with Crippen molar-refractivity contribution in [1.29, 1.82) is 0 Å². The van der Waals surface area contributed by atoms with Crippen molar-refractivity contribution in [2.24, 2.45) is 11.3 Å². The van der Waals surface area contributed by atoms with E-state index in [1.165, 1.54) is 37.0 Å². The molecular formula is C15H17N3OS. The van der Waals surface area contributed by atoms with Crippen LogP contribution in [-0.2, 0) is 0 Å². The van der Waals surface area contributed by atoms with Crippen molar-refractivity contribution < 1.29 is 4.79 Å². The monoisotopic (exact) mass is 287 g/mol. The van der Waals surface area contributed by atoms with E-state index in [-0.39, 0.29) is 5.91 Å². The quantitative estimate of drug-likeness (QED) is 0.908. The molecule has 2 aromatic heterocycles. The van der Waals surface area contributed by atoms with Gasteiger partial charge in [0.2, 0.25) is 0 Å². The van der Waals surface area contributed by atoms with Gasteiger partial charge in [0.25, 0.3) is 5.91 Å². The van der Waals surface area contributed by atoms with Crippen molar-refractivity contribution in [2.75, 3.05) is 12.3 Å². The number of nitrogens with zero attached hydrogens (tertiary/aromatic N) is 1. The van der Waals surface area contributed by atoms with Crippen molar-refractivity contribution in [3.05, 3.63) is 23.3 Å². The van der Waals surface area contributed by atoms with Gasteiger partial charge in [0, 0.05) is 24.3 Å². The molecular weight excluding hydrogens is 270 g/mol. The summed E-state index contributed by atoms with van der Waals surface area (Å²) in [6, 6.07) is 1.87. The van der Waals surface area contributed by atoms with E-state index in [1.54, 1.807) is 12.4 Å². The summed E-state index contributed by atoms with van der Waals surface area (Å²) in [6.45, 7) is 0.808.